The van der Waals surface area contributed by atoms with Crippen LogP contribution in [-0.2, 0) is 0 Å². The molecule has 3 nitrogen and oxygen atoms in total. The minimum absolute atomic E-state index is 0.0463. The topological polar surface area (TPSA) is 66.5 Å². The Morgan fingerprint density at radius 3 is 2.38 bits per heavy atom. The van der Waals surface area contributed by atoms with Gasteiger partial charge in [0.1, 0.15) is 0 Å². The predicted octanol–water partition coefficient (Wildman–Crippen LogP) is -1.31. The molecule has 1 fully saturated rings. The molecule has 0 heterocycles. The van der Waals surface area contributed by atoms with E-state index in [4.69, 9.17) is 15.9 Å². The predicted molar refractivity (Wildman–Crippen MR) is 29.2 cm³/mol. The number of hydrogen-bond acceptors (Lipinski definition) is 3. The van der Waals surface area contributed by atoms with Gasteiger partial charge in [-0.2, -0.15) is 0 Å². The first-order valence-corrected chi connectivity index (χ1v) is 2.80. The number of rotatable bonds is 1. The Balaban J connectivity index is 2.25. The molecule has 3 heteroatoms. The smallest absolute Gasteiger partial charge is 0.0741 e. The van der Waals surface area contributed by atoms with E-state index in [0.717, 1.165) is 6.42 Å². The molecule has 0 bridgehead atoms. The maximum Gasteiger partial charge on any atom is 0.0741 e. The average molecular weight is 117 g/mol. The van der Waals surface area contributed by atoms with Gasteiger partial charge in [0.15, 0.2) is 0 Å². The summed E-state index contributed by atoms with van der Waals surface area (Å²) in [5, 5.41) is 17.3. The Labute approximate surface area is 48.1 Å². The molecule has 0 amide bonds. The summed E-state index contributed by atoms with van der Waals surface area (Å²) in [5.74, 6) is 0.0463. The van der Waals surface area contributed by atoms with E-state index >= 15 is 0 Å². The van der Waals surface area contributed by atoms with Crippen LogP contribution in [-0.4, -0.2) is 29.0 Å². The Hall–Kier alpha value is -0.120. The van der Waals surface area contributed by atoms with Gasteiger partial charge >= 0.3 is 0 Å². The molecule has 1 aliphatic carbocycles. The van der Waals surface area contributed by atoms with E-state index < -0.39 is 6.10 Å². The minimum atomic E-state index is -0.458. The van der Waals surface area contributed by atoms with Crippen LogP contribution in [0.5, 0.6) is 0 Å². The molecule has 4 N–H and O–H groups in total. The highest BCUT2D eigenvalue weighted by molar-refractivity contribution is 4.91. The van der Waals surface area contributed by atoms with Crippen molar-refractivity contribution in [3.05, 3.63) is 0 Å². The third-order valence-electron chi connectivity index (χ3n) is 1.73. The SMILES string of the molecule is NC1CC(CO)C1O. The molecule has 1 aliphatic rings. The molecule has 3 unspecified atom stereocenters. The fourth-order valence-electron chi connectivity index (χ4n) is 0.965. The fourth-order valence-corrected chi connectivity index (χ4v) is 0.965. The number of aliphatic hydroxyl groups is 2. The molecule has 0 aliphatic heterocycles. The van der Waals surface area contributed by atoms with Gasteiger partial charge in [-0.15, -0.1) is 0 Å². The highest BCUT2D eigenvalue weighted by Gasteiger charge is 2.36. The Morgan fingerprint density at radius 2 is 2.25 bits per heavy atom. The van der Waals surface area contributed by atoms with Crippen LogP contribution in [0.4, 0.5) is 0 Å². The third kappa shape index (κ3) is 0.727. The fraction of sp³-hybridized carbons (Fsp3) is 1.00. The van der Waals surface area contributed by atoms with Crippen molar-refractivity contribution in [3.63, 3.8) is 0 Å². The van der Waals surface area contributed by atoms with Crippen molar-refractivity contribution in [1.29, 1.82) is 0 Å². The van der Waals surface area contributed by atoms with Crippen molar-refractivity contribution in [2.24, 2.45) is 11.7 Å². The van der Waals surface area contributed by atoms with Crippen LogP contribution in [0.15, 0.2) is 0 Å². The third-order valence-corrected chi connectivity index (χ3v) is 1.73. The lowest BCUT2D eigenvalue weighted by Crippen LogP contribution is -2.53. The molecule has 0 aromatic heterocycles. The van der Waals surface area contributed by atoms with E-state index in [1.807, 2.05) is 0 Å². The van der Waals surface area contributed by atoms with Crippen molar-refractivity contribution in [3.8, 4) is 0 Å². The largest absolute Gasteiger partial charge is 0.396 e. The number of hydrogen-bond donors (Lipinski definition) is 3. The quantitative estimate of drug-likeness (QED) is 0.399. The summed E-state index contributed by atoms with van der Waals surface area (Å²) in [6.45, 7) is 0.0644. The van der Waals surface area contributed by atoms with E-state index in [1.165, 1.54) is 0 Å². The van der Waals surface area contributed by atoms with Crippen LogP contribution in [0.25, 0.3) is 0 Å². The molecule has 0 aromatic rings. The van der Waals surface area contributed by atoms with Gasteiger partial charge in [-0.3, -0.25) is 0 Å². The zero-order valence-corrected chi connectivity index (χ0v) is 4.62. The van der Waals surface area contributed by atoms with Gasteiger partial charge in [0.2, 0.25) is 0 Å². The van der Waals surface area contributed by atoms with E-state index in [-0.39, 0.29) is 18.6 Å². The Bertz CT molecular complexity index is 86.5. The zero-order chi connectivity index (χ0) is 6.15. The molecule has 0 spiro atoms. The van der Waals surface area contributed by atoms with Crippen molar-refractivity contribution >= 4 is 0 Å². The molecule has 48 valence electrons. The standard InChI is InChI=1S/C5H11NO2/c6-4-1-3(2-7)5(4)8/h3-5,7-8H,1-2,6H2. The Kier molecular flexibility index (Phi) is 1.51. The normalized spacial score (nSPS) is 46.1. The van der Waals surface area contributed by atoms with Gasteiger partial charge < -0.3 is 15.9 Å². The summed E-state index contributed by atoms with van der Waals surface area (Å²) in [6, 6.07) is -0.0906. The van der Waals surface area contributed by atoms with Crippen LogP contribution >= 0.6 is 0 Å². The van der Waals surface area contributed by atoms with Gasteiger partial charge in [-0.25, -0.2) is 0 Å². The molecular formula is C5H11NO2. The molecule has 3 atom stereocenters. The summed E-state index contributed by atoms with van der Waals surface area (Å²) in [7, 11) is 0. The summed E-state index contributed by atoms with van der Waals surface area (Å²) in [4.78, 5) is 0. The summed E-state index contributed by atoms with van der Waals surface area (Å²) in [5.41, 5.74) is 5.33. The highest BCUT2D eigenvalue weighted by Crippen LogP contribution is 2.24. The number of aliphatic hydroxyl groups excluding tert-OH is 2. The van der Waals surface area contributed by atoms with Gasteiger partial charge in [-0.05, 0) is 6.42 Å². The minimum Gasteiger partial charge on any atom is -0.396 e. The van der Waals surface area contributed by atoms with E-state index in [2.05, 4.69) is 0 Å². The van der Waals surface area contributed by atoms with Crippen LogP contribution in [0.1, 0.15) is 6.42 Å². The lowest BCUT2D eigenvalue weighted by molar-refractivity contribution is -0.0267. The van der Waals surface area contributed by atoms with E-state index in [1.54, 1.807) is 0 Å². The van der Waals surface area contributed by atoms with Gasteiger partial charge in [0.05, 0.1) is 6.10 Å². The molecule has 0 aromatic carbocycles. The first kappa shape index (κ1) is 6.01. The van der Waals surface area contributed by atoms with Gasteiger partial charge in [0.25, 0.3) is 0 Å². The second-order valence-electron chi connectivity index (χ2n) is 2.33. The maximum atomic E-state index is 8.89. The molecule has 1 saturated carbocycles. The molecule has 0 radical (unpaired) electrons. The second-order valence-corrected chi connectivity index (χ2v) is 2.33. The second kappa shape index (κ2) is 2.01. The van der Waals surface area contributed by atoms with Crippen molar-refractivity contribution in [2.75, 3.05) is 6.61 Å². The van der Waals surface area contributed by atoms with Gasteiger partial charge in [0, 0.05) is 18.6 Å². The van der Waals surface area contributed by atoms with Crippen molar-refractivity contribution in [1.82, 2.24) is 0 Å². The molecule has 8 heavy (non-hydrogen) atoms. The van der Waals surface area contributed by atoms with E-state index in [9.17, 15) is 0 Å². The molecule has 0 saturated heterocycles. The van der Waals surface area contributed by atoms with Crippen molar-refractivity contribution in [2.45, 2.75) is 18.6 Å². The van der Waals surface area contributed by atoms with Gasteiger partial charge in [-0.1, -0.05) is 0 Å². The zero-order valence-electron chi connectivity index (χ0n) is 4.62. The molecular weight excluding hydrogens is 106 g/mol. The first-order valence-electron chi connectivity index (χ1n) is 2.80. The first-order chi connectivity index (χ1) is 3.75. The van der Waals surface area contributed by atoms with Crippen LogP contribution < -0.4 is 5.73 Å². The van der Waals surface area contributed by atoms with Crippen LogP contribution in [0.3, 0.4) is 0 Å². The highest BCUT2D eigenvalue weighted by atomic mass is 16.3. The maximum absolute atomic E-state index is 8.89. The lowest BCUT2D eigenvalue weighted by atomic mass is 9.78. The number of nitrogens with two attached hydrogens (primary N) is 1. The summed E-state index contributed by atoms with van der Waals surface area (Å²) in [6.07, 6.45) is 0.303. The van der Waals surface area contributed by atoms with Crippen molar-refractivity contribution < 1.29 is 10.2 Å². The lowest BCUT2D eigenvalue weighted by Gasteiger charge is -2.37. The molecule has 1 rings (SSSR count). The van der Waals surface area contributed by atoms with E-state index in [0.29, 0.717) is 0 Å². The Morgan fingerprint density at radius 1 is 1.62 bits per heavy atom. The summed E-state index contributed by atoms with van der Waals surface area (Å²) >= 11 is 0. The van der Waals surface area contributed by atoms with Crippen LogP contribution in [0.2, 0.25) is 0 Å². The van der Waals surface area contributed by atoms with Crippen LogP contribution in [0, 0.1) is 5.92 Å². The summed E-state index contributed by atoms with van der Waals surface area (Å²) < 4.78 is 0. The monoisotopic (exact) mass is 117 g/mol. The average Bonchev–Trinajstić information content (AvgIpc) is 1.81.